The van der Waals surface area contributed by atoms with E-state index in [4.69, 9.17) is 4.74 Å². The molecule has 3 unspecified atom stereocenters. The SMILES string of the molecule is Cn1cc(CN2CCCC(C(NC(=O)C3CCCO3)c3ccccn3)C2)c2ccccc21. The van der Waals surface area contributed by atoms with E-state index in [-0.39, 0.29) is 18.1 Å². The number of rotatable bonds is 6. The van der Waals surface area contributed by atoms with Gasteiger partial charge < -0.3 is 14.6 Å². The first-order valence-electron chi connectivity index (χ1n) is 11.8. The number of nitrogens with zero attached hydrogens (tertiary/aromatic N) is 3. The van der Waals surface area contributed by atoms with Crippen LogP contribution in [0.15, 0.2) is 54.9 Å². The summed E-state index contributed by atoms with van der Waals surface area (Å²) in [5.74, 6) is 0.323. The van der Waals surface area contributed by atoms with E-state index >= 15 is 0 Å². The molecule has 3 atom stereocenters. The fraction of sp³-hybridized carbons (Fsp3) is 0.462. The molecule has 2 saturated heterocycles. The van der Waals surface area contributed by atoms with Gasteiger partial charge in [-0.2, -0.15) is 0 Å². The number of para-hydroxylation sites is 1. The number of nitrogens with one attached hydrogen (secondary N) is 1. The molecule has 0 saturated carbocycles. The zero-order valence-corrected chi connectivity index (χ0v) is 18.7. The molecule has 2 aliphatic rings. The molecule has 2 aromatic heterocycles. The molecule has 6 heteroatoms. The normalized spacial score (nSPS) is 22.8. The number of amides is 1. The fourth-order valence-corrected chi connectivity index (χ4v) is 5.32. The Balaban J connectivity index is 1.34. The lowest BCUT2D eigenvalue weighted by Crippen LogP contribution is -2.45. The summed E-state index contributed by atoms with van der Waals surface area (Å²) in [6.45, 7) is 3.62. The van der Waals surface area contributed by atoms with Crippen molar-refractivity contribution in [2.24, 2.45) is 13.0 Å². The highest BCUT2D eigenvalue weighted by Crippen LogP contribution is 2.31. The Bertz CT molecular complexity index is 1060. The number of carbonyl (C=O) groups excluding carboxylic acids is 1. The lowest BCUT2D eigenvalue weighted by molar-refractivity contribution is -0.131. The molecule has 0 bridgehead atoms. The number of aromatic nitrogens is 2. The summed E-state index contributed by atoms with van der Waals surface area (Å²) in [4.78, 5) is 20.1. The van der Waals surface area contributed by atoms with Crippen LogP contribution in [0.1, 0.15) is 43.0 Å². The van der Waals surface area contributed by atoms with Gasteiger partial charge in [-0.3, -0.25) is 14.7 Å². The van der Waals surface area contributed by atoms with E-state index in [1.54, 1.807) is 0 Å². The van der Waals surface area contributed by atoms with Gasteiger partial charge in [0.05, 0.1) is 11.7 Å². The number of pyridine rings is 1. The van der Waals surface area contributed by atoms with Crippen LogP contribution in [-0.4, -0.2) is 46.2 Å². The summed E-state index contributed by atoms with van der Waals surface area (Å²) in [5, 5.41) is 4.63. The lowest BCUT2D eigenvalue weighted by Gasteiger charge is -2.37. The third kappa shape index (κ3) is 4.43. The standard InChI is InChI=1S/C26H32N4O2/c1-29-16-20(21-9-2-3-11-23(21)29)18-30-14-6-8-19(17-30)25(22-10-4-5-13-27-22)28-26(31)24-12-7-15-32-24/h2-5,9-11,13,16,19,24-25H,6-8,12,14-15,17-18H2,1H3,(H,28,31). The molecule has 0 spiro atoms. The number of hydrogen-bond donors (Lipinski definition) is 1. The van der Waals surface area contributed by atoms with E-state index in [2.05, 4.69) is 57.3 Å². The lowest BCUT2D eigenvalue weighted by atomic mass is 9.88. The Labute approximate surface area is 189 Å². The summed E-state index contributed by atoms with van der Waals surface area (Å²) in [5.41, 5.74) is 3.57. The van der Waals surface area contributed by atoms with Crippen molar-refractivity contribution in [1.82, 2.24) is 19.8 Å². The van der Waals surface area contributed by atoms with Crippen molar-refractivity contribution in [2.75, 3.05) is 19.7 Å². The summed E-state index contributed by atoms with van der Waals surface area (Å²) in [7, 11) is 2.11. The van der Waals surface area contributed by atoms with Gasteiger partial charge in [-0.25, -0.2) is 0 Å². The van der Waals surface area contributed by atoms with Crippen molar-refractivity contribution in [3.05, 3.63) is 66.1 Å². The van der Waals surface area contributed by atoms with Gasteiger partial charge in [0.1, 0.15) is 6.10 Å². The molecule has 2 fully saturated rings. The number of carbonyl (C=O) groups is 1. The molecule has 0 radical (unpaired) electrons. The van der Waals surface area contributed by atoms with Crippen molar-refractivity contribution in [3.63, 3.8) is 0 Å². The maximum atomic E-state index is 12.9. The van der Waals surface area contributed by atoms with Gasteiger partial charge in [0.2, 0.25) is 5.91 Å². The molecule has 6 nitrogen and oxygen atoms in total. The van der Waals surface area contributed by atoms with E-state index in [0.29, 0.717) is 12.5 Å². The Morgan fingerprint density at radius 1 is 1.19 bits per heavy atom. The maximum Gasteiger partial charge on any atom is 0.249 e. The van der Waals surface area contributed by atoms with Crippen LogP contribution in [0, 0.1) is 5.92 Å². The van der Waals surface area contributed by atoms with E-state index in [9.17, 15) is 4.79 Å². The number of aryl methyl sites for hydroxylation is 1. The largest absolute Gasteiger partial charge is 0.368 e. The second-order valence-corrected chi connectivity index (χ2v) is 9.16. The fourth-order valence-electron chi connectivity index (χ4n) is 5.32. The van der Waals surface area contributed by atoms with Gasteiger partial charge in [0, 0.05) is 50.0 Å². The highest BCUT2D eigenvalue weighted by Gasteiger charge is 2.33. The predicted molar refractivity (Wildman–Crippen MR) is 125 cm³/mol. The van der Waals surface area contributed by atoms with Crippen molar-refractivity contribution >= 4 is 16.8 Å². The second-order valence-electron chi connectivity index (χ2n) is 9.16. The minimum atomic E-state index is -0.323. The first-order valence-corrected chi connectivity index (χ1v) is 11.8. The molecule has 4 heterocycles. The molecule has 2 aliphatic heterocycles. The van der Waals surface area contributed by atoms with Crippen molar-refractivity contribution in [2.45, 2.75) is 44.4 Å². The molecule has 3 aromatic rings. The first kappa shape index (κ1) is 21.2. The number of piperidine rings is 1. The number of ether oxygens (including phenoxy) is 1. The van der Waals surface area contributed by atoms with Crippen molar-refractivity contribution in [1.29, 1.82) is 0 Å². The highest BCUT2D eigenvalue weighted by molar-refractivity contribution is 5.84. The minimum Gasteiger partial charge on any atom is -0.368 e. The van der Waals surface area contributed by atoms with E-state index in [0.717, 1.165) is 51.0 Å². The topological polar surface area (TPSA) is 59.4 Å². The Hall–Kier alpha value is -2.70. The van der Waals surface area contributed by atoms with Gasteiger partial charge in [-0.05, 0) is 61.9 Å². The second kappa shape index (κ2) is 9.43. The molecule has 1 aromatic carbocycles. The van der Waals surface area contributed by atoms with Crippen molar-refractivity contribution < 1.29 is 9.53 Å². The molecule has 5 rings (SSSR count). The zero-order chi connectivity index (χ0) is 21.9. The molecule has 1 amide bonds. The smallest absolute Gasteiger partial charge is 0.249 e. The van der Waals surface area contributed by atoms with Gasteiger partial charge in [0.15, 0.2) is 0 Å². The summed E-state index contributed by atoms with van der Waals surface area (Å²) in [6, 6.07) is 14.5. The number of hydrogen-bond acceptors (Lipinski definition) is 4. The van der Waals surface area contributed by atoms with Crippen LogP contribution in [0.2, 0.25) is 0 Å². The predicted octanol–water partition coefficient (Wildman–Crippen LogP) is 3.82. The quantitative estimate of drug-likeness (QED) is 0.643. The van der Waals surface area contributed by atoms with Gasteiger partial charge in [-0.1, -0.05) is 24.3 Å². The van der Waals surface area contributed by atoms with Crippen molar-refractivity contribution in [3.8, 4) is 0 Å². The highest BCUT2D eigenvalue weighted by atomic mass is 16.5. The Kier molecular flexibility index (Phi) is 6.23. The average Bonchev–Trinajstić information content (AvgIpc) is 3.47. The molecule has 32 heavy (non-hydrogen) atoms. The van der Waals surface area contributed by atoms with Gasteiger partial charge in [0.25, 0.3) is 0 Å². The van der Waals surface area contributed by atoms with Gasteiger partial charge in [-0.15, -0.1) is 0 Å². The monoisotopic (exact) mass is 432 g/mol. The maximum absolute atomic E-state index is 12.9. The number of benzene rings is 1. The molecule has 1 N–H and O–H groups in total. The van der Waals surface area contributed by atoms with Gasteiger partial charge >= 0.3 is 0 Å². The number of likely N-dealkylation sites (tertiary alicyclic amines) is 1. The first-order chi connectivity index (χ1) is 15.7. The third-order valence-electron chi connectivity index (χ3n) is 6.91. The molecule has 0 aliphatic carbocycles. The molecular weight excluding hydrogens is 400 g/mol. The molecular formula is C26H32N4O2. The number of fused-ring (bicyclic) bond motifs is 1. The average molecular weight is 433 g/mol. The van der Waals surface area contributed by atoms with E-state index in [1.807, 2.05) is 24.4 Å². The minimum absolute atomic E-state index is 0.00401. The van der Waals surface area contributed by atoms with Crippen LogP contribution < -0.4 is 5.32 Å². The van der Waals surface area contributed by atoms with Crippen LogP contribution in [0.5, 0.6) is 0 Å². The van der Waals surface area contributed by atoms with Crippen LogP contribution in [0.3, 0.4) is 0 Å². The third-order valence-corrected chi connectivity index (χ3v) is 6.91. The Morgan fingerprint density at radius 2 is 2.06 bits per heavy atom. The summed E-state index contributed by atoms with van der Waals surface area (Å²) in [6.07, 6.45) is 7.71. The zero-order valence-electron chi connectivity index (χ0n) is 18.7. The summed E-state index contributed by atoms with van der Waals surface area (Å²) < 4.78 is 7.85. The van der Waals surface area contributed by atoms with Crippen LogP contribution in [0.4, 0.5) is 0 Å². The Morgan fingerprint density at radius 3 is 2.88 bits per heavy atom. The van der Waals surface area contributed by atoms with Crippen LogP contribution in [-0.2, 0) is 23.1 Å². The molecule has 168 valence electrons. The summed E-state index contributed by atoms with van der Waals surface area (Å²) >= 11 is 0. The van der Waals surface area contributed by atoms with Crippen LogP contribution >= 0.6 is 0 Å². The van der Waals surface area contributed by atoms with Crippen LogP contribution in [0.25, 0.3) is 10.9 Å². The van der Waals surface area contributed by atoms with E-state index in [1.165, 1.54) is 16.5 Å². The van der Waals surface area contributed by atoms with E-state index < -0.39 is 0 Å².